The number of nitrogens with zero attached hydrogens (tertiary/aromatic N) is 2. The van der Waals surface area contributed by atoms with E-state index in [1.807, 2.05) is 7.05 Å². The smallest absolute Gasteiger partial charge is 0.191 e. The highest BCUT2D eigenvalue weighted by Crippen LogP contribution is 2.52. The van der Waals surface area contributed by atoms with Crippen LogP contribution in [0.3, 0.4) is 0 Å². The summed E-state index contributed by atoms with van der Waals surface area (Å²) in [5.41, 5.74) is 5.52. The number of hydrogen-bond acceptors (Lipinski definition) is 2. The largest absolute Gasteiger partial charge is 0.390 e. The Labute approximate surface area is 109 Å². The summed E-state index contributed by atoms with van der Waals surface area (Å²) in [5, 5.41) is 10.6. The molecule has 4 nitrogen and oxygen atoms in total. The van der Waals surface area contributed by atoms with Crippen LogP contribution in [-0.4, -0.2) is 41.2 Å². The highest BCUT2D eigenvalue weighted by Gasteiger charge is 2.49. The first-order valence-electron chi connectivity index (χ1n) is 7.33. The molecule has 3 saturated carbocycles. The molecular formula is C14H25N3O. The molecule has 0 spiro atoms. The van der Waals surface area contributed by atoms with Gasteiger partial charge in [0, 0.05) is 19.6 Å². The third-order valence-corrected chi connectivity index (χ3v) is 5.22. The lowest BCUT2D eigenvalue weighted by atomic mass is 9.82. The number of aliphatic hydroxyl groups is 1. The molecule has 0 saturated heterocycles. The minimum absolute atomic E-state index is 0.440. The van der Waals surface area contributed by atoms with Gasteiger partial charge in [-0.3, -0.25) is 4.99 Å². The van der Waals surface area contributed by atoms with Gasteiger partial charge in [-0.1, -0.05) is 0 Å². The fraction of sp³-hybridized carbons (Fsp3) is 0.929. The number of aliphatic imine (C=N–C) groups is 1. The Morgan fingerprint density at radius 1 is 1.39 bits per heavy atom. The molecule has 0 aromatic rings. The lowest BCUT2D eigenvalue weighted by Gasteiger charge is -2.32. The molecule has 0 amide bonds. The number of nitrogens with two attached hydrogens (primary N) is 1. The van der Waals surface area contributed by atoms with E-state index in [2.05, 4.69) is 9.89 Å². The molecule has 3 aliphatic rings. The lowest BCUT2D eigenvalue weighted by Crippen LogP contribution is -2.38. The molecule has 3 aliphatic carbocycles. The standard InChI is InChI=1S/C14H25N3O/c1-17(12-4-5-12)13(15)16-7-6-14(18)9-10-2-3-11(14)8-10/h10-12,18H,2-9H2,1H3,(H2,15,16). The summed E-state index contributed by atoms with van der Waals surface area (Å²) in [6.07, 6.45) is 8.02. The zero-order valence-electron chi connectivity index (χ0n) is 11.3. The van der Waals surface area contributed by atoms with Crippen LogP contribution in [0.25, 0.3) is 0 Å². The summed E-state index contributed by atoms with van der Waals surface area (Å²) in [6, 6.07) is 0.610. The molecule has 3 unspecified atom stereocenters. The van der Waals surface area contributed by atoms with Crippen molar-refractivity contribution in [3.63, 3.8) is 0 Å². The van der Waals surface area contributed by atoms with E-state index in [0.717, 1.165) is 18.8 Å². The van der Waals surface area contributed by atoms with Crippen LogP contribution in [0.15, 0.2) is 4.99 Å². The van der Waals surface area contributed by atoms with Crippen LogP contribution in [0, 0.1) is 11.8 Å². The van der Waals surface area contributed by atoms with Crippen LogP contribution in [0.1, 0.15) is 44.9 Å². The zero-order valence-corrected chi connectivity index (χ0v) is 11.3. The normalized spacial score (nSPS) is 39.3. The van der Waals surface area contributed by atoms with Crippen molar-refractivity contribution < 1.29 is 5.11 Å². The van der Waals surface area contributed by atoms with Gasteiger partial charge in [0.2, 0.25) is 0 Å². The Hall–Kier alpha value is -0.770. The Morgan fingerprint density at radius 3 is 2.72 bits per heavy atom. The van der Waals surface area contributed by atoms with Gasteiger partial charge in [-0.25, -0.2) is 0 Å². The van der Waals surface area contributed by atoms with Gasteiger partial charge < -0.3 is 15.7 Å². The molecule has 0 radical (unpaired) electrons. The van der Waals surface area contributed by atoms with Gasteiger partial charge in [-0.15, -0.1) is 0 Å². The van der Waals surface area contributed by atoms with E-state index in [1.54, 1.807) is 0 Å². The molecule has 3 N–H and O–H groups in total. The first-order chi connectivity index (χ1) is 8.58. The fourth-order valence-electron chi connectivity index (χ4n) is 3.85. The van der Waals surface area contributed by atoms with Gasteiger partial charge in [0.05, 0.1) is 5.60 Å². The number of guanidine groups is 1. The van der Waals surface area contributed by atoms with E-state index >= 15 is 0 Å². The molecule has 18 heavy (non-hydrogen) atoms. The average Bonchev–Trinajstić information content (AvgIpc) is 3.01. The minimum Gasteiger partial charge on any atom is -0.390 e. The SMILES string of the molecule is CN(C(N)=NCCC1(O)CC2CCC1C2)C1CC1. The van der Waals surface area contributed by atoms with Crippen molar-refractivity contribution in [3.8, 4) is 0 Å². The Balaban J connectivity index is 1.50. The lowest BCUT2D eigenvalue weighted by molar-refractivity contribution is -0.0181. The summed E-state index contributed by atoms with van der Waals surface area (Å²) in [6.45, 7) is 0.669. The minimum atomic E-state index is -0.440. The van der Waals surface area contributed by atoms with Crippen molar-refractivity contribution in [2.45, 2.75) is 56.6 Å². The highest BCUT2D eigenvalue weighted by molar-refractivity contribution is 5.78. The molecule has 4 heteroatoms. The Kier molecular flexibility index (Phi) is 3.00. The van der Waals surface area contributed by atoms with E-state index < -0.39 is 5.60 Å². The van der Waals surface area contributed by atoms with Crippen LogP contribution < -0.4 is 5.73 Å². The summed E-state index contributed by atoms with van der Waals surface area (Å²) in [7, 11) is 2.02. The van der Waals surface area contributed by atoms with Crippen LogP contribution in [0.4, 0.5) is 0 Å². The Morgan fingerprint density at radius 2 is 2.17 bits per heavy atom. The van der Waals surface area contributed by atoms with Crippen molar-refractivity contribution in [1.29, 1.82) is 0 Å². The van der Waals surface area contributed by atoms with Crippen LogP contribution in [0.2, 0.25) is 0 Å². The van der Waals surface area contributed by atoms with Crippen LogP contribution >= 0.6 is 0 Å². The molecule has 0 heterocycles. The first kappa shape index (κ1) is 12.3. The third-order valence-electron chi connectivity index (χ3n) is 5.22. The molecule has 3 rings (SSSR count). The predicted octanol–water partition coefficient (Wildman–Crippen LogP) is 1.34. The fourth-order valence-corrected chi connectivity index (χ4v) is 3.85. The maximum Gasteiger partial charge on any atom is 0.191 e. The van der Waals surface area contributed by atoms with Crippen LogP contribution in [-0.2, 0) is 0 Å². The highest BCUT2D eigenvalue weighted by atomic mass is 16.3. The number of hydrogen-bond donors (Lipinski definition) is 2. The molecule has 0 aromatic carbocycles. The van der Waals surface area contributed by atoms with E-state index in [4.69, 9.17) is 5.73 Å². The van der Waals surface area contributed by atoms with Gasteiger partial charge in [0.25, 0.3) is 0 Å². The molecule has 0 aliphatic heterocycles. The molecule has 3 atom stereocenters. The first-order valence-corrected chi connectivity index (χ1v) is 7.33. The van der Waals surface area contributed by atoms with Crippen molar-refractivity contribution in [2.75, 3.05) is 13.6 Å². The maximum atomic E-state index is 10.6. The summed E-state index contributed by atoms with van der Waals surface area (Å²) >= 11 is 0. The summed E-state index contributed by atoms with van der Waals surface area (Å²) in [4.78, 5) is 6.51. The van der Waals surface area contributed by atoms with Gasteiger partial charge in [-0.2, -0.15) is 0 Å². The molecule has 2 bridgehead atoms. The topological polar surface area (TPSA) is 61.8 Å². The van der Waals surface area contributed by atoms with Crippen molar-refractivity contribution in [2.24, 2.45) is 22.6 Å². The zero-order chi connectivity index (χ0) is 12.8. The molecule has 0 aromatic heterocycles. The van der Waals surface area contributed by atoms with Gasteiger partial charge in [0.1, 0.15) is 0 Å². The second-order valence-corrected chi connectivity index (χ2v) is 6.52. The van der Waals surface area contributed by atoms with E-state index in [0.29, 0.717) is 24.5 Å². The van der Waals surface area contributed by atoms with Gasteiger partial charge >= 0.3 is 0 Å². The van der Waals surface area contributed by atoms with Gasteiger partial charge in [-0.05, 0) is 56.8 Å². The Bertz CT molecular complexity index is 353. The van der Waals surface area contributed by atoms with E-state index in [-0.39, 0.29) is 0 Å². The summed E-state index contributed by atoms with van der Waals surface area (Å²) in [5.74, 6) is 1.94. The van der Waals surface area contributed by atoms with Crippen LogP contribution in [0.5, 0.6) is 0 Å². The van der Waals surface area contributed by atoms with E-state index in [9.17, 15) is 5.11 Å². The molecular weight excluding hydrogens is 226 g/mol. The predicted molar refractivity (Wildman–Crippen MR) is 72.3 cm³/mol. The molecule has 3 fully saturated rings. The average molecular weight is 251 g/mol. The number of fused-ring (bicyclic) bond motifs is 2. The van der Waals surface area contributed by atoms with Crippen molar-refractivity contribution in [3.05, 3.63) is 0 Å². The summed E-state index contributed by atoms with van der Waals surface area (Å²) < 4.78 is 0. The second-order valence-electron chi connectivity index (χ2n) is 6.52. The number of rotatable bonds is 4. The van der Waals surface area contributed by atoms with Gasteiger partial charge in [0.15, 0.2) is 5.96 Å². The monoisotopic (exact) mass is 251 g/mol. The van der Waals surface area contributed by atoms with Crippen molar-refractivity contribution >= 4 is 5.96 Å². The third kappa shape index (κ3) is 2.22. The quantitative estimate of drug-likeness (QED) is 0.585. The van der Waals surface area contributed by atoms with E-state index in [1.165, 1.54) is 32.1 Å². The second kappa shape index (κ2) is 4.41. The maximum absolute atomic E-state index is 10.6. The molecule has 102 valence electrons. The van der Waals surface area contributed by atoms with Crippen molar-refractivity contribution in [1.82, 2.24) is 4.90 Å².